The van der Waals surface area contributed by atoms with Crippen LogP contribution in [0.4, 0.5) is 0 Å². The first kappa shape index (κ1) is 13.4. The van der Waals surface area contributed by atoms with Gasteiger partial charge in [-0.15, -0.1) is 11.8 Å². The van der Waals surface area contributed by atoms with E-state index in [1.165, 1.54) is 0 Å². The highest BCUT2D eigenvalue weighted by Gasteiger charge is 2.27. The van der Waals surface area contributed by atoms with E-state index in [4.69, 9.17) is 17.4 Å². The molecule has 0 bridgehead atoms. The first-order chi connectivity index (χ1) is 7.47. The number of hydrazine groups is 1. The van der Waals surface area contributed by atoms with Crippen LogP contribution in [0, 0.1) is 5.41 Å². The number of nitrogens with one attached hydrogen (secondary N) is 1. The second-order valence-electron chi connectivity index (χ2n) is 4.08. The molecule has 3 nitrogen and oxygen atoms in total. The zero-order chi connectivity index (χ0) is 12.2. The summed E-state index contributed by atoms with van der Waals surface area (Å²) in [6.45, 7) is 3.69. The van der Waals surface area contributed by atoms with Gasteiger partial charge in [0.25, 0.3) is 0 Å². The summed E-state index contributed by atoms with van der Waals surface area (Å²) < 4.78 is 0. The molecule has 0 heterocycles. The molecule has 1 rings (SSSR count). The van der Waals surface area contributed by atoms with Crippen molar-refractivity contribution in [3.8, 4) is 0 Å². The van der Waals surface area contributed by atoms with Gasteiger partial charge in [0.05, 0.1) is 10.4 Å². The van der Waals surface area contributed by atoms with Crippen molar-refractivity contribution in [2.24, 2.45) is 11.3 Å². The van der Waals surface area contributed by atoms with Crippen molar-refractivity contribution >= 4 is 29.3 Å². The van der Waals surface area contributed by atoms with Crippen molar-refractivity contribution in [1.82, 2.24) is 5.43 Å². The standard InChI is InChI=1S/C11H15ClN2OS/c1-11(2,10(15)14-13)7-16-9-6-4-3-5-8(9)12/h3-6H,7,13H2,1-2H3,(H,14,15). The molecule has 0 spiro atoms. The van der Waals surface area contributed by atoms with Gasteiger partial charge in [0.2, 0.25) is 5.91 Å². The lowest BCUT2D eigenvalue weighted by atomic mass is 9.96. The van der Waals surface area contributed by atoms with Crippen LogP contribution in [0.1, 0.15) is 13.8 Å². The van der Waals surface area contributed by atoms with E-state index >= 15 is 0 Å². The first-order valence-corrected chi connectivity index (χ1v) is 6.22. The smallest absolute Gasteiger partial charge is 0.240 e. The quantitative estimate of drug-likeness (QED) is 0.378. The Balaban J connectivity index is 2.65. The van der Waals surface area contributed by atoms with E-state index in [2.05, 4.69) is 5.43 Å². The third-order valence-electron chi connectivity index (χ3n) is 2.17. The average molecular weight is 259 g/mol. The lowest BCUT2D eigenvalue weighted by molar-refractivity contribution is -0.128. The summed E-state index contributed by atoms with van der Waals surface area (Å²) in [6, 6.07) is 7.57. The van der Waals surface area contributed by atoms with E-state index in [9.17, 15) is 4.79 Å². The molecule has 0 aromatic heterocycles. The predicted molar refractivity (Wildman–Crippen MR) is 68.3 cm³/mol. The van der Waals surface area contributed by atoms with Gasteiger partial charge >= 0.3 is 0 Å². The molecule has 0 aliphatic heterocycles. The monoisotopic (exact) mass is 258 g/mol. The highest BCUT2D eigenvalue weighted by molar-refractivity contribution is 7.99. The maximum atomic E-state index is 11.5. The van der Waals surface area contributed by atoms with Crippen molar-refractivity contribution in [2.45, 2.75) is 18.7 Å². The number of hydrogen-bond donors (Lipinski definition) is 2. The van der Waals surface area contributed by atoms with Gasteiger partial charge in [-0.3, -0.25) is 10.2 Å². The molecular weight excluding hydrogens is 244 g/mol. The highest BCUT2D eigenvalue weighted by atomic mass is 35.5. The first-order valence-electron chi connectivity index (χ1n) is 4.86. The van der Waals surface area contributed by atoms with Crippen molar-refractivity contribution in [1.29, 1.82) is 0 Å². The lowest BCUT2D eigenvalue weighted by Gasteiger charge is -2.21. The Bertz CT molecular complexity index is 382. The topological polar surface area (TPSA) is 55.1 Å². The van der Waals surface area contributed by atoms with Gasteiger partial charge < -0.3 is 0 Å². The summed E-state index contributed by atoms with van der Waals surface area (Å²) in [6.07, 6.45) is 0. The molecule has 1 aromatic rings. The number of amides is 1. The summed E-state index contributed by atoms with van der Waals surface area (Å²) in [7, 11) is 0. The fourth-order valence-corrected chi connectivity index (χ4v) is 2.41. The molecule has 0 unspecified atom stereocenters. The molecule has 88 valence electrons. The summed E-state index contributed by atoms with van der Waals surface area (Å²) in [5.74, 6) is 5.57. The number of carbonyl (C=O) groups is 1. The van der Waals surface area contributed by atoms with E-state index in [0.29, 0.717) is 10.8 Å². The van der Waals surface area contributed by atoms with Gasteiger partial charge in [-0.2, -0.15) is 0 Å². The Kier molecular flexibility index (Phi) is 4.65. The molecule has 0 aliphatic rings. The van der Waals surface area contributed by atoms with Gasteiger partial charge in [-0.1, -0.05) is 37.6 Å². The van der Waals surface area contributed by atoms with Gasteiger partial charge in [0.1, 0.15) is 0 Å². The molecule has 0 aliphatic carbocycles. The molecule has 0 fully saturated rings. The Hall–Kier alpha value is -0.710. The van der Waals surface area contributed by atoms with Crippen LogP contribution in [-0.2, 0) is 4.79 Å². The number of benzene rings is 1. The number of hydrogen-bond acceptors (Lipinski definition) is 3. The summed E-state index contributed by atoms with van der Waals surface area (Å²) in [5, 5.41) is 0.705. The number of carbonyl (C=O) groups excluding carboxylic acids is 1. The van der Waals surface area contributed by atoms with Crippen LogP contribution in [-0.4, -0.2) is 11.7 Å². The van der Waals surface area contributed by atoms with Gasteiger partial charge in [-0.25, -0.2) is 5.84 Å². The van der Waals surface area contributed by atoms with Gasteiger partial charge in [0, 0.05) is 10.6 Å². The predicted octanol–water partition coefficient (Wildman–Crippen LogP) is 2.45. The fraction of sp³-hybridized carbons (Fsp3) is 0.364. The molecule has 3 N–H and O–H groups in total. The second-order valence-corrected chi connectivity index (χ2v) is 5.50. The van der Waals surface area contributed by atoms with Gasteiger partial charge in [-0.05, 0) is 12.1 Å². The highest BCUT2D eigenvalue weighted by Crippen LogP contribution is 2.31. The average Bonchev–Trinajstić information content (AvgIpc) is 2.27. The Labute approximate surface area is 105 Å². The molecule has 16 heavy (non-hydrogen) atoms. The second kappa shape index (κ2) is 5.57. The van der Waals surface area contributed by atoms with Crippen LogP contribution < -0.4 is 11.3 Å². The molecule has 0 saturated carbocycles. The maximum Gasteiger partial charge on any atom is 0.240 e. The molecule has 0 radical (unpaired) electrons. The zero-order valence-corrected chi connectivity index (χ0v) is 10.9. The number of rotatable bonds is 4. The Morgan fingerprint density at radius 1 is 1.50 bits per heavy atom. The number of thioether (sulfide) groups is 1. The van der Waals surface area contributed by atoms with Gasteiger partial charge in [0.15, 0.2) is 0 Å². The van der Waals surface area contributed by atoms with E-state index in [0.717, 1.165) is 4.90 Å². The zero-order valence-electron chi connectivity index (χ0n) is 9.29. The van der Waals surface area contributed by atoms with Crippen LogP contribution >= 0.6 is 23.4 Å². The molecule has 0 atom stereocenters. The maximum absolute atomic E-state index is 11.5. The van der Waals surface area contributed by atoms with Crippen LogP contribution in [0.15, 0.2) is 29.2 Å². The minimum Gasteiger partial charge on any atom is -0.294 e. The van der Waals surface area contributed by atoms with Crippen molar-refractivity contribution in [3.63, 3.8) is 0 Å². The van der Waals surface area contributed by atoms with Crippen molar-refractivity contribution in [2.75, 3.05) is 5.75 Å². The normalized spacial score (nSPS) is 11.2. The Morgan fingerprint density at radius 3 is 2.69 bits per heavy atom. The van der Waals surface area contributed by atoms with E-state index in [1.54, 1.807) is 11.8 Å². The molecule has 1 aromatic carbocycles. The Morgan fingerprint density at radius 2 is 2.12 bits per heavy atom. The third-order valence-corrected chi connectivity index (χ3v) is 4.15. The summed E-state index contributed by atoms with van der Waals surface area (Å²) in [5.41, 5.74) is 1.66. The third kappa shape index (κ3) is 3.40. The van der Waals surface area contributed by atoms with E-state index in [-0.39, 0.29) is 5.91 Å². The number of nitrogens with two attached hydrogens (primary N) is 1. The van der Waals surface area contributed by atoms with Crippen LogP contribution in [0.3, 0.4) is 0 Å². The molecular formula is C11H15ClN2OS. The minimum atomic E-state index is -0.515. The largest absolute Gasteiger partial charge is 0.294 e. The molecule has 1 amide bonds. The fourth-order valence-electron chi connectivity index (χ4n) is 1.08. The van der Waals surface area contributed by atoms with Crippen molar-refractivity contribution < 1.29 is 4.79 Å². The molecule has 5 heteroatoms. The van der Waals surface area contributed by atoms with E-state index in [1.807, 2.05) is 38.1 Å². The minimum absolute atomic E-state index is 0.174. The summed E-state index contributed by atoms with van der Waals surface area (Å²) in [4.78, 5) is 12.4. The SMILES string of the molecule is CC(C)(CSc1ccccc1Cl)C(=O)NN. The summed E-state index contributed by atoms with van der Waals surface area (Å²) >= 11 is 7.57. The van der Waals surface area contributed by atoms with Crippen LogP contribution in [0.5, 0.6) is 0 Å². The van der Waals surface area contributed by atoms with E-state index < -0.39 is 5.41 Å². The number of halogens is 1. The molecule has 0 saturated heterocycles. The lowest BCUT2D eigenvalue weighted by Crippen LogP contribution is -2.42. The van der Waals surface area contributed by atoms with Crippen LogP contribution in [0.2, 0.25) is 5.02 Å². The van der Waals surface area contributed by atoms with Crippen molar-refractivity contribution in [3.05, 3.63) is 29.3 Å². The van der Waals surface area contributed by atoms with Crippen LogP contribution in [0.25, 0.3) is 0 Å².